The molecule has 0 spiro atoms. The van der Waals surface area contributed by atoms with Crippen LogP contribution in [0.3, 0.4) is 0 Å². The summed E-state index contributed by atoms with van der Waals surface area (Å²) >= 11 is 14.7. The van der Waals surface area contributed by atoms with Crippen molar-refractivity contribution >= 4 is 35.0 Å². The molecule has 2 heterocycles. The van der Waals surface area contributed by atoms with Crippen LogP contribution in [0.2, 0.25) is 10.0 Å². The van der Waals surface area contributed by atoms with E-state index in [1.54, 1.807) is 11.8 Å². The second-order valence-electron chi connectivity index (χ2n) is 6.81. The third-order valence-electron chi connectivity index (χ3n) is 5.30. The highest BCUT2D eigenvalue weighted by Gasteiger charge is 2.31. The van der Waals surface area contributed by atoms with Crippen LogP contribution in [0.5, 0.6) is 0 Å². The van der Waals surface area contributed by atoms with Crippen molar-refractivity contribution in [1.82, 2.24) is 9.80 Å². The summed E-state index contributed by atoms with van der Waals surface area (Å²) in [4.78, 5) is 7.23. The molecule has 4 rings (SSSR count). The largest absolute Gasteiger partial charge is 0.395 e. The highest BCUT2D eigenvalue weighted by Crippen LogP contribution is 2.47. The van der Waals surface area contributed by atoms with Gasteiger partial charge in [-0.3, -0.25) is 9.80 Å². The lowest BCUT2D eigenvalue weighted by molar-refractivity contribution is 0.0823. The summed E-state index contributed by atoms with van der Waals surface area (Å²) in [7, 11) is 0. The maximum atomic E-state index is 9.18. The molecule has 2 aliphatic rings. The smallest absolute Gasteiger partial charge is 0.0735 e. The van der Waals surface area contributed by atoms with E-state index in [0.29, 0.717) is 16.1 Å². The fraction of sp³-hybridized carbons (Fsp3) is 0.400. The Morgan fingerprint density at radius 3 is 2.58 bits per heavy atom. The Morgan fingerprint density at radius 1 is 1.04 bits per heavy atom. The predicted molar refractivity (Wildman–Crippen MR) is 109 cm³/mol. The molecular weight excluding hydrogens is 387 g/mol. The Morgan fingerprint density at radius 2 is 1.81 bits per heavy atom. The lowest BCUT2D eigenvalue weighted by Crippen LogP contribution is -2.48. The number of hydrogen-bond donors (Lipinski definition) is 1. The van der Waals surface area contributed by atoms with Gasteiger partial charge in [-0.15, -0.1) is 0 Å². The van der Waals surface area contributed by atoms with E-state index in [9.17, 15) is 5.11 Å². The fourth-order valence-electron chi connectivity index (χ4n) is 3.88. The number of β-amino-alcohol motifs (C(OH)–C–C–N with tert-alkyl or cyclic N) is 1. The van der Waals surface area contributed by atoms with Crippen LogP contribution in [0.4, 0.5) is 0 Å². The van der Waals surface area contributed by atoms with E-state index in [0.717, 1.165) is 44.0 Å². The zero-order chi connectivity index (χ0) is 18.1. The lowest BCUT2D eigenvalue weighted by atomic mass is 9.96. The van der Waals surface area contributed by atoms with Gasteiger partial charge in [0, 0.05) is 48.6 Å². The normalized spacial score (nSPS) is 21.1. The van der Waals surface area contributed by atoms with Gasteiger partial charge in [-0.1, -0.05) is 59.2 Å². The molecule has 0 radical (unpaired) electrons. The molecule has 2 aromatic carbocycles. The van der Waals surface area contributed by atoms with Crippen molar-refractivity contribution < 1.29 is 5.11 Å². The van der Waals surface area contributed by atoms with Gasteiger partial charge in [0.25, 0.3) is 0 Å². The molecule has 1 N–H and O–H groups in total. The van der Waals surface area contributed by atoms with Gasteiger partial charge < -0.3 is 5.11 Å². The van der Waals surface area contributed by atoms with Gasteiger partial charge in [0.15, 0.2) is 0 Å². The first kappa shape index (κ1) is 18.6. The van der Waals surface area contributed by atoms with Crippen molar-refractivity contribution in [2.24, 2.45) is 0 Å². The SMILES string of the molecule is OCCN1CCN([C@H]2Cc3ccccc3Sc3c2ccc(Cl)c3Cl)CC1. The number of fused-ring (bicyclic) bond motifs is 2. The topological polar surface area (TPSA) is 26.7 Å². The third-order valence-corrected chi connectivity index (χ3v) is 7.48. The maximum Gasteiger partial charge on any atom is 0.0735 e. The van der Waals surface area contributed by atoms with E-state index in [1.807, 2.05) is 6.07 Å². The minimum atomic E-state index is 0.227. The first-order chi connectivity index (χ1) is 12.7. The first-order valence-electron chi connectivity index (χ1n) is 8.98. The van der Waals surface area contributed by atoms with Crippen LogP contribution in [0, 0.1) is 0 Å². The van der Waals surface area contributed by atoms with Crippen molar-refractivity contribution in [1.29, 1.82) is 0 Å². The molecular formula is C20H22Cl2N2OS. The molecule has 1 atom stereocenters. The molecule has 138 valence electrons. The van der Waals surface area contributed by atoms with Gasteiger partial charge in [0.1, 0.15) is 0 Å². The van der Waals surface area contributed by atoms with Crippen LogP contribution in [0.1, 0.15) is 17.2 Å². The molecule has 0 aromatic heterocycles. The van der Waals surface area contributed by atoms with Crippen molar-refractivity contribution in [3.05, 3.63) is 57.6 Å². The average molecular weight is 409 g/mol. The Balaban J connectivity index is 1.69. The van der Waals surface area contributed by atoms with Crippen molar-refractivity contribution in [3.8, 4) is 0 Å². The monoisotopic (exact) mass is 408 g/mol. The minimum Gasteiger partial charge on any atom is -0.395 e. The Hall–Kier alpha value is -0.750. The standard InChI is InChI=1S/C20H22Cl2N2OS/c21-16-6-5-15-17(24-9-7-23(8-10-24)11-12-25)13-14-3-1-2-4-18(14)26-20(15)19(16)22/h1-6,17,25H,7-13H2/t17-/m0/s1. The zero-order valence-corrected chi connectivity index (χ0v) is 16.8. The van der Waals surface area contributed by atoms with Gasteiger partial charge in [-0.05, 0) is 29.7 Å². The average Bonchev–Trinajstić information content (AvgIpc) is 2.83. The van der Waals surface area contributed by atoms with Gasteiger partial charge in [0.2, 0.25) is 0 Å². The molecule has 1 saturated heterocycles. The van der Waals surface area contributed by atoms with E-state index >= 15 is 0 Å². The molecule has 2 aromatic rings. The summed E-state index contributed by atoms with van der Waals surface area (Å²) in [6.07, 6.45) is 0.980. The minimum absolute atomic E-state index is 0.227. The van der Waals surface area contributed by atoms with E-state index in [1.165, 1.54) is 16.0 Å². The second-order valence-corrected chi connectivity index (χ2v) is 8.65. The van der Waals surface area contributed by atoms with Gasteiger partial charge in [0.05, 0.1) is 16.7 Å². The van der Waals surface area contributed by atoms with Crippen LogP contribution < -0.4 is 0 Å². The molecule has 0 bridgehead atoms. The summed E-state index contributed by atoms with van der Waals surface area (Å²) in [5, 5.41) is 10.5. The zero-order valence-electron chi connectivity index (χ0n) is 14.5. The van der Waals surface area contributed by atoms with Crippen LogP contribution >= 0.6 is 35.0 Å². The van der Waals surface area contributed by atoms with E-state index in [4.69, 9.17) is 23.2 Å². The van der Waals surface area contributed by atoms with Crippen LogP contribution in [-0.4, -0.2) is 54.2 Å². The van der Waals surface area contributed by atoms with Gasteiger partial charge >= 0.3 is 0 Å². The Kier molecular flexibility index (Phi) is 5.79. The third kappa shape index (κ3) is 3.64. The number of piperazine rings is 1. The number of rotatable bonds is 3. The molecule has 26 heavy (non-hydrogen) atoms. The molecule has 0 amide bonds. The van der Waals surface area contributed by atoms with Crippen LogP contribution in [-0.2, 0) is 6.42 Å². The fourth-order valence-corrected chi connectivity index (χ4v) is 5.55. The number of nitrogens with zero attached hydrogens (tertiary/aromatic N) is 2. The molecule has 0 unspecified atom stereocenters. The first-order valence-corrected chi connectivity index (χ1v) is 10.6. The van der Waals surface area contributed by atoms with Gasteiger partial charge in [-0.2, -0.15) is 0 Å². The highest BCUT2D eigenvalue weighted by molar-refractivity contribution is 7.99. The van der Waals surface area contributed by atoms with Crippen molar-refractivity contribution in [3.63, 3.8) is 0 Å². The summed E-state index contributed by atoms with van der Waals surface area (Å²) < 4.78 is 0. The molecule has 6 heteroatoms. The summed E-state index contributed by atoms with van der Waals surface area (Å²) in [5.74, 6) is 0. The number of halogens is 2. The molecule has 3 nitrogen and oxygen atoms in total. The molecule has 0 aliphatic carbocycles. The number of benzene rings is 2. The quantitative estimate of drug-likeness (QED) is 0.816. The molecule has 1 fully saturated rings. The van der Waals surface area contributed by atoms with E-state index < -0.39 is 0 Å². The van der Waals surface area contributed by atoms with Crippen LogP contribution in [0.25, 0.3) is 0 Å². The van der Waals surface area contributed by atoms with E-state index in [-0.39, 0.29) is 6.61 Å². The van der Waals surface area contributed by atoms with E-state index in [2.05, 4.69) is 40.1 Å². The number of aliphatic hydroxyl groups excluding tert-OH is 1. The maximum absolute atomic E-state index is 9.18. The van der Waals surface area contributed by atoms with Gasteiger partial charge in [-0.25, -0.2) is 0 Å². The highest BCUT2D eigenvalue weighted by atomic mass is 35.5. The molecule has 0 saturated carbocycles. The molecule has 2 aliphatic heterocycles. The van der Waals surface area contributed by atoms with Crippen LogP contribution in [0.15, 0.2) is 46.2 Å². The number of hydrogen-bond acceptors (Lipinski definition) is 4. The summed E-state index contributed by atoms with van der Waals surface area (Å²) in [5.41, 5.74) is 2.64. The number of aliphatic hydroxyl groups is 1. The summed E-state index contributed by atoms with van der Waals surface area (Å²) in [6, 6.07) is 13.0. The predicted octanol–water partition coefficient (Wildman–Crippen LogP) is 4.35. The Labute approximate surface area is 168 Å². The van der Waals surface area contributed by atoms with Crippen molar-refractivity contribution in [2.45, 2.75) is 22.3 Å². The lowest BCUT2D eigenvalue weighted by Gasteiger charge is -2.39. The Bertz CT molecular complexity index is 793. The second kappa shape index (κ2) is 8.09. The van der Waals surface area contributed by atoms with Crippen molar-refractivity contribution in [2.75, 3.05) is 39.3 Å². The summed E-state index contributed by atoms with van der Waals surface area (Å²) in [6.45, 7) is 4.96.